The highest BCUT2D eigenvalue weighted by Gasteiger charge is 2.39. The summed E-state index contributed by atoms with van der Waals surface area (Å²) in [6.07, 6.45) is -2.94. The summed E-state index contributed by atoms with van der Waals surface area (Å²) in [4.78, 5) is 6.72. The van der Waals surface area contributed by atoms with Gasteiger partial charge in [-0.2, -0.15) is 17.5 Å². The Balaban J connectivity index is 1.98. The second-order valence-electron chi connectivity index (χ2n) is 7.14. The van der Waals surface area contributed by atoms with E-state index in [4.69, 9.17) is 0 Å². The second kappa shape index (κ2) is 8.22. The molecule has 148 valence electrons. The van der Waals surface area contributed by atoms with E-state index in [2.05, 4.69) is 23.7 Å². The van der Waals surface area contributed by atoms with Gasteiger partial charge in [0.15, 0.2) is 0 Å². The van der Waals surface area contributed by atoms with Gasteiger partial charge in [-0.25, -0.2) is 8.42 Å². The van der Waals surface area contributed by atoms with Gasteiger partial charge in [-0.3, -0.25) is 9.88 Å². The van der Waals surface area contributed by atoms with E-state index >= 15 is 0 Å². The SMILES string of the molecule is CC(C)c1cccc(CN2CCC(N(CC(F)(F)F)S(C)(=O)=O)CC2)n1. The van der Waals surface area contributed by atoms with E-state index < -0.39 is 28.8 Å². The fraction of sp³-hybridized carbons (Fsp3) is 0.706. The first kappa shape index (κ1) is 21.1. The molecule has 2 heterocycles. The fourth-order valence-electron chi connectivity index (χ4n) is 3.20. The molecule has 0 atom stereocenters. The normalized spacial score (nSPS) is 18.0. The van der Waals surface area contributed by atoms with Crippen LogP contribution < -0.4 is 0 Å². The van der Waals surface area contributed by atoms with E-state index in [-0.39, 0.29) is 0 Å². The molecule has 1 aliphatic heterocycles. The second-order valence-corrected chi connectivity index (χ2v) is 9.07. The molecule has 0 aromatic carbocycles. The fourth-order valence-corrected chi connectivity index (χ4v) is 4.33. The summed E-state index contributed by atoms with van der Waals surface area (Å²) in [5.74, 6) is 0.325. The monoisotopic (exact) mass is 393 g/mol. The number of alkyl halides is 3. The lowest BCUT2D eigenvalue weighted by Crippen LogP contribution is -2.50. The van der Waals surface area contributed by atoms with Gasteiger partial charge < -0.3 is 0 Å². The molecule has 0 spiro atoms. The molecule has 1 fully saturated rings. The lowest BCUT2D eigenvalue weighted by molar-refractivity contribution is -0.140. The molecule has 0 bridgehead atoms. The first-order valence-corrected chi connectivity index (χ1v) is 10.5. The van der Waals surface area contributed by atoms with Crippen LogP contribution in [0.15, 0.2) is 18.2 Å². The molecule has 5 nitrogen and oxygen atoms in total. The molecule has 0 N–H and O–H groups in total. The first-order valence-electron chi connectivity index (χ1n) is 8.67. The molecule has 1 aromatic rings. The van der Waals surface area contributed by atoms with Gasteiger partial charge in [0.05, 0.1) is 11.9 Å². The molecule has 0 unspecified atom stereocenters. The molecule has 0 saturated carbocycles. The zero-order valence-corrected chi connectivity index (χ0v) is 16.1. The maximum Gasteiger partial charge on any atom is 0.402 e. The van der Waals surface area contributed by atoms with Gasteiger partial charge in [-0.15, -0.1) is 0 Å². The van der Waals surface area contributed by atoms with Gasteiger partial charge in [0.1, 0.15) is 6.54 Å². The molecule has 1 aromatic heterocycles. The van der Waals surface area contributed by atoms with Gasteiger partial charge in [-0.05, 0) is 30.9 Å². The molecule has 0 radical (unpaired) electrons. The third-order valence-corrected chi connectivity index (χ3v) is 5.81. The smallest absolute Gasteiger partial charge is 0.297 e. The van der Waals surface area contributed by atoms with E-state index in [9.17, 15) is 21.6 Å². The van der Waals surface area contributed by atoms with Crippen LogP contribution in [-0.4, -0.2) is 60.7 Å². The molecular weight excluding hydrogens is 367 g/mol. The first-order chi connectivity index (χ1) is 12.0. The van der Waals surface area contributed by atoms with Crippen LogP contribution in [0.25, 0.3) is 0 Å². The van der Waals surface area contributed by atoms with Crippen molar-refractivity contribution in [3.63, 3.8) is 0 Å². The number of hydrogen-bond acceptors (Lipinski definition) is 4. The number of halogens is 3. The number of likely N-dealkylation sites (tertiary alicyclic amines) is 1. The molecule has 26 heavy (non-hydrogen) atoms. The quantitative estimate of drug-likeness (QED) is 0.746. The van der Waals surface area contributed by atoms with Gasteiger partial charge in [0.25, 0.3) is 0 Å². The summed E-state index contributed by atoms with van der Waals surface area (Å²) in [5, 5.41) is 0. The van der Waals surface area contributed by atoms with Crippen molar-refractivity contribution in [2.45, 2.75) is 51.4 Å². The molecule has 0 aliphatic carbocycles. The Bertz CT molecular complexity index is 699. The molecule has 1 saturated heterocycles. The average molecular weight is 393 g/mol. The van der Waals surface area contributed by atoms with E-state index in [0.717, 1.165) is 17.6 Å². The Labute approximate surface area is 153 Å². The highest BCUT2D eigenvalue weighted by Crippen LogP contribution is 2.25. The van der Waals surface area contributed by atoms with E-state index in [1.807, 2.05) is 18.2 Å². The summed E-state index contributed by atoms with van der Waals surface area (Å²) < 4.78 is 62.4. The summed E-state index contributed by atoms with van der Waals surface area (Å²) >= 11 is 0. The number of rotatable bonds is 6. The zero-order chi connectivity index (χ0) is 19.5. The number of pyridine rings is 1. The van der Waals surface area contributed by atoms with Crippen LogP contribution >= 0.6 is 0 Å². The summed E-state index contributed by atoms with van der Waals surface area (Å²) in [7, 11) is -3.91. The minimum Gasteiger partial charge on any atom is -0.297 e. The van der Waals surface area contributed by atoms with Crippen molar-refractivity contribution >= 4 is 10.0 Å². The summed E-state index contributed by atoms with van der Waals surface area (Å²) in [6, 6.07) is 5.25. The average Bonchev–Trinajstić information content (AvgIpc) is 2.52. The number of sulfonamides is 1. The van der Waals surface area contributed by atoms with E-state index in [1.54, 1.807) is 0 Å². The number of hydrogen-bond donors (Lipinski definition) is 0. The van der Waals surface area contributed by atoms with E-state index in [1.165, 1.54) is 0 Å². The molecule has 0 amide bonds. The lowest BCUT2D eigenvalue weighted by Gasteiger charge is -2.37. The molecule has 1 aliphatic rings. The van der Waals surface area contributed by atoms with Crippen LogP contribution in [-0.2, 0) is 16.6 Å². The van der Waals surface area contributed by atoms with Crippen molar-refractivity contribution in [3.8, 4) is 0 Å². The Morgan fingerprint density at radius 3 is 2.38 bits per heavy atom. The topological polar surface area (TPSA) is 53.5 Å². The number of aromatic nitrogens is 1. The van der Waals surface area contributed by atoms with Gasteiger partial charge in [0, 0.05) is 31.4 Å². The third-order valence-electron chi connectivity index (χ3n) is 4.53. The Kier molecular flexibility index (Phi) is 6.68. The van der Waals surface area contributed by atoms with Crippen LogP contribution in [0.1, 0.15) is 44.0 Å². The van der Waals surface area contributed by atoms with Crippen LogP contribution in [0.4, 0.5) is 13.2 Å². The Morgan fingerprint density at radius 2 is 1.88 bits per heavy atom. The van der Waals surface area contributed by atoms with Crippen molar-refractivity contribution in [1.29, 1.82) is 0 Å². The van der Waals surface area contributed by atoms with Crippen molar-refractivity contribution < 1.29 is 21.6 Å². The standard InChI is InChI=1S/C17H26F3N3O2S/c1-13(2)16-6-4-5-14(21-16)11-22-9-7-15(8-10-22)23(26(3,24)25)12-17(18,19)20/h4-6,13,15H,7-12H2,1-3H3. The zero-order valence-electron chi connectivity index (χ0n) is 15.3. The number of nitrogens with zero attached hydrogens (tertiary/aromatic N) is 3. The summed E-state index contributed by atoms with van der Waals surface area (Å²) in [5.41, 5.74) is 1.93. The van der Waals surface area contributed by atoms with Gasteiger partial charge in [0.2, 0.25) is 10.0 Å². The van der Waals surface area contributed by atoms with Gasteiger partial charge in [-0.1, -0.05) is 19.9 Å². The highest BCUT2D eigenvalue weighted by molar-refractivity contribution is 7.88. The lowest BCUT2D eigenvalue weighted by atomic mass is 10.0. The Hall–Kier alpha value is -1.19. The minimum absolute atomic E-state index is 0.325. The molecule has 9 heteroatoms. The molecule has 2 rings (SSSR count). The van der Waals surface area contributed by atoms with Crippen LogP contribution in [0.2, 0.25) is 0 Å². The predicted octanol–water partition coefficient (Wildman–Crippen LogP) is 2.99. The largest absolute Gasteiger partial charge is 0.402 e. The molecular formula is C17H26F3N3O2S. The minimum atomic E-state index is -4.54. The maximum atomic E-state index is 12.7. The maximum absolute atomic E-state index is 12.7. The summed E-state index contributed by atoms with van der Waals surface area (Å²) in [6.45, 7) is 4.42. The van der Waals surface area contributed by atoms with Gasteiger partial charge >= 0.3 is 6.18 Å². The van der Waals surface area contributed by atoms with Crippen LogP contribution in [0.3, 0.4) is 0 Å². The highest BCUT2D eigenvalue weighted by atomic mass is 32.2. The predicted molar refractivity (Wildman–Crippen MR) is 94.2 cm³/mol. The Morgan fingerprint density at radius 1 is 1.27 bits per heavy atom. The van der Waals surface area contributed by atoms with Crippen molar-refractivity contribution in [2.75, 3.05) is 25.9 Å². The van der Waals surface area contributed by atoms with Crippen LogP contribution in [0.5, 0.6) is 0 Å². The third kappa shape index (κ3) is 6.21. The van der Waals surface area contributed by atoms with Crippen molar-refractivity contribution in [2.24, 2.45) is 0 Å². The van der Waals surface area contributed by atoms with Crippen molar-refractivity contribution in [3.05, 3.63) is 29.6 Å². The van der Waals surface area contributed by atoms with Crippen molar-refractivity contribution in [1.82, 2.24) is 14.2 Å². The van der Waals surface area contributed by atoms with Crippen LogP contribution in [0, 0.1) is 0 Å². The number of piperidine rings is 1. The van der Waals surface area contributed by atoms with E-state index in [0.29, 0.717) is 42.7 Å².